The average molecular weight is 393 g/mol. The molecule has 7 nitrogen and oxygen atoms in total. The highest BCUT2D eigenvalue weighted by molar-refractivity contribution is 5.98. The first kappa shape index (κ1) is 19.7. The van der Waals surface area contributed by atoms with Gasteiger partial charge in [0.2, 0.25) is 5.91 Å². The van der Waals surface area contributed by atoms with E-state index >= 15 is 0 Å². The Labute approximate surface area is 164 Å². The lowest BCUT2D eigenvalue weighted by molar-refractivity contribution is -0.133. The van der Waals surface area contributed by atoms with Crippen LogP contribution in [0, 0.1) is 0 Å². The normalized spacial score (nSPS) is 20.4. The van der Waals surface area contributed by atoms with Crippen molar-refractivity contribution in [2.75, 3.05) is 45.9 Å². The van der Waals surface area contributed by atoms with Crippen LogP contribution in [0.4, 0.5) is 0 Å². The highest BCUT2D eigenvalue weighted by Gasteiger charge is 2.27. The molecule has 2 aliphatic rings. The Balaban J connectivity index is 0.00000210. The van der Waals surface area contributed by atoms with Crippen molar-refractivity contribution in [1.82, 2.24) is 20.1 Å². The maximum Gasteiger partial charge on any atom is 0.270 e. The van der Waals surface area contributed by atoms with E-state index in [0.717, 1.165) is 17.4 Å². The number of amides is 2. The van der Waals surface area contributed by atoms with Crippen molar-refractivity contribution in [2.45, 2.75) is 12.5 Å². The van der Waals surface area contributed by atoms with E-state index in [2.05, 4.69) is 10.3 Å². The monoisotopic (exact) mass is 392 g/mol. The molecule has 0 saturated carbocycles. The number of benzene rings is 1. The molecule has 1 aromatic heterocycles. The molecule has 146 valence electrons. The van der Waals surface area contributed by atoms with Crippen LogP contribution in [0.15, 0.2) is 30.3 Å². The summed E-state index contributed by atoms with van der Waals surface area (Å²) in [7, 11) is 0. The van der Waals surface area contributed by atoms with Crippen LogP contribution in [0.1, 0.15) is 16.9 Å². The largest absolute Gasteiger partial charge is 0.378 e. The molecule has 2 saturated heterocycles. The Morgan fingerprint density at radius 3 is 2.56 bits per heavy atom. The van der Waals surface area contributed by atoms with Crippen LogP contribution >= 0.6 is 12.4 Å². The minimum Gasteiger partial charge on any atom is -0.378 e. The number of nitrogens with one attached hydrogen (secondary N) is 2. The van der Waals surface area contributed by atoms with E-state index < -0.39 is 0 Å². The Morgan fingerprint density at radius 2 is 1.85 bits per heavy atom. The number of piperazine rings is 1. The SMILES string of the molecule is Cl.O=C(CC1COCCN1)N1CCN(C(=O)c2cc3ccccc3[nH]2)CC1. The molecule has 4 rings (SSSR count). The number of hydrogen-bond acceptors (Lipinski definition) is 4. The van der Waals surface area contributed by atoms with E-state index in [4.69, 9.17) is 4.74 Å². The van der Waals surface area contributed by atoms with Crippen molar-refractivity contribution in [3.8, 4) is 0 Å². The van der Waals surface area contributed by atoms with Crippen LogP contribution in [0.3, 0.4) is 0 Å². The van der Waals surface area contributed by atoms with E-state index in [1.54, 1.807) is 0 Å². The lowest BCUT2D eigenvalue weighted by atomic mass is 10.1. The van der Waals surface area contributed by atoms with Crippen LogP contribution in [-0.2, 0) is 9.53 Å². The smallest absolute Gasteiger partial charge is 0.270 e. The van der Waals surface area contributed by atoms with Gasteiger partial charge in [0.05, 0.1) is 13.2 Å². The first-order valence-corrected chi connectivity index (χ1v) is 9.16. The second kappa shape index (κ2) is 8.73. The summed E-state index contributed by atoms with van der Waals surface area (Å²) < 4.78 is 5.40. The van der Waals surface area contributed by atoms with Crippen molar-refractivity contribution in [3.05, 3.63) is 36.0 Å². The molecule has 2 amide bonds. The third kappa shape index (κ3) is 4.43. The summed E-state index contributed by atoms with van der Waals surface area (Å²) >= 11 is 0. The molecule has 2 aromatic rings. The molecule has 1 unspecified atom stereocenters. The number of carbonyl (C=O) groups excluding carboxylic acids is 2. The zero-order chi connectivity index (χ0) is 17.9. The van der Waals surface area contributed by atoms with Gasteiger partial charge in [-0.3, -0.25) is 9.59 Å². The number of aromatic amines is 1. The number of carbonyl (C=O) groups is 2. The number of para-hydroxylation sites is 1. The third-order valence-electron chi connectivity index (χ3n) is 5.10. The van der Waals surface area contributed by atoms with E-state index in [9.17, 15) is 9.59 Å². The minimum atomic E-state index is -0.00403. The maximum atomic E-state index is 12.7. The van der Waals surface area contributed by atoms with Gasteiger partial charge in [0.15, 0.2) is 0 Å². The van der Waals surface area contributed by atoms with Gasteiger partial charge in [0, 0.05) is 56.1 Å². The van der Waals surface area contributed by atoms with Gasteiger partial charge < -0.3 is 24.8 Å². The lowest BCUT2D eigenvalue weighted by Gasteiger charge is -2.35. The predicted molar refractivity (Wildman–Crippen MR) is 105 cm³/mol. The van der Waals surface area contributed by atoms with Gasteiger partial charge in [0.1, 0.15) is 5.69 Å². The molecule has 2 aliphatic heterocycles. The summed E-state index contributed by atoms with van der Waals surface area (Å²) in [4.78, 5) is 32.0. The van der Waals surface area contributed by atoms with Gasteiger partial charge in [-0.15, -0.1) is 12.4 Å². The zero-order valence-electron chi connectivity index (χ0n) is 15.1. The Morgan fingerprint density at radius 1 is 1.11 bits per heavy atom. The maximum absolute atomic E-state index is 12.7. The number of fused-ring (bicyclic) bond motifs is 1. The summed E-state index contributed by atoms with van der Waals surface area (Å²) in [5.74, 6) is 0.126. The zero-order valence-corrected chi connectivity index (χ0v) is 16.0. The van der Waals surface area contributed by atoms with Crippen molar-refractivity contribution >= 4 is 35.1 Å². The van der Waals surface area contributed by atoms with Crippen LogP contribution in [0.5, 0.6) is 0 Å². The number of halogens is 1. The number of H-pyrrole nitrogens is 1. The number of aromatic nitrogens is 1. The lowest BCUT2D eigenvalue weighted by Crippen LogP contribution is -2.52. The van der Waals surface area contributed by atoms with Crippen molar-refractivity contribution in [2.24, 2.45) is 0 Å². The number of ether oxygens (including phenoxy) is 1. The highest BCUT2D eigenvalue weighted by atomic mass is 35.5. The Hall–Kier alpha value is -2.09. The fourth-order valence-electron chi connectivity index (χ4n) is 3.61. The summed E-state index contributed by atoms with van der Waals surface area (Å²) in [6, 6.07) is 9.85. The molecule has 1 aromatic carbocycles. The van der Waals surface area contributed by atoms with Gasteiger partial charge in [-0.2, -0.15) is 0 Å². The summed E-state index contributed by atoms with van der Waals surface area (Å²) in [6.07, 6.45) is 0.454. The van der Waals surface area contributed by atoms with E-state index in [-0.39, 0.29) is 30.3 Å². The van der Waals surface area contributed by atoms with Gasteiger partial charge in [-0.05, 0) is 12.1 Å². The summed E-state index contributed by atoms with van der Waals surface area (Å²) in [5, 5.41) is 4.34. The van der Waals surface area contributed by atoms with E-state index in [1.165, 1.54) is 0 Å². The summed E-state index contributed by atoms with van der Waals surface area (Å²) in [6.45, 7) is 4.38. The van der Waals surface area contributed by atoms with Gasteiger partial charge >= 0.3 is 0 Å². The average Bonchev–Trinajstić information content (AvgIpc) is 3.12. The molecule has 1 atom stereocenters. The topological polar surface area (TPSA) is 77.7 Å². The molecular formula is C19H25ClN4O3. The van der Waals surface area contributed by atoms with Crippen LogP contribution < -0.4 is 5.32 Å². The molecular weight excluding hydrogens is 368 g/mol. The van der Waals surface area contributed by atoms with Gasteiger partial charge in [-0.1, -0.05) is 18.2 Å². The van der Waals surface area contributed by atoms with Gasteiger partial charge in [0.25, 0.3) is 5.91 Å². The van der Waals surface area contributed by atoms with Crippen LogP contribution in [-0.4, -0.2) is 78.6 Å². The standard InChI is InChI=1S/C19H24N4O3.ClH/c24-18(12-15-13-26-10-5-20-15)22-6-8-23(9-7-22)19(25)17-11-14-3-1-2-4-16(14)21-17;/h1-4,11,15,20-21H,5-10,12-13H2;1H. The fraction of sp³-hybridized carbons (Fsp3) is 0.474. The number of nitrogens with zero attached hydrogens (tertiary/aromatic N) is 2. The third-order valence-corrected chi connectivity index (χ3v) is 5.10. The van der Waals surface area contributed by atoms with Crippen molar-refractivity contribution in [3.63, 3.8) is 0 Å². The molecule has 2 N–H and O–H groups in total. The molecule has 0 aliphatic carbocycles. The highest BCUT2D eigenvalue weighted by Crippen LogP contribution is 2.17. The number of morpholine rings is 1. The summed E-state index contributed by atoms with van der Waals surface area (Å²) in [5.41, 5.74) is 1.57. The number of hydrogen-bond donors (Lipinski definition) is 2. The molecule has 2 fully saturated rings. The van der Waals surface area contributed by atoms with Crippen LogP contribution in [0.2, 0.25) is 0 Å². The molecule has 8 heteroatoms. The van der Waals surface area contributed by atoms with Crippen molar-refractivity contribution < 1.29 is 14.3 Å². The quantitative estimate of drug-likeness (QED) is 0.824. The predicted octanol–water partition coefficient (Wildman–Crippen LogP) is 1.25. The second-order valence-electron chi connectivity index (χ2n) is 6.87. The van der Waals surface area contributed by atoms with E-state index in [0.29, 0.717) is 51.5 Å². The van der Waals surface area contributed by atoms with Crippen molar-refractivity contribution in [1.29, 1.82) is 0 Å². The second-order valence-corrected chi connectivity index (χ2v) is 6.87. The molecule has 0 spiro atoms. The molecule has 3 heterocycles. The molecule has 27 heavy (non-hydrogen) atoms. The molecule has 0 radical (unpaired) electrons. The van der Waals surface area contributed by atoms with Crippen LogP contribution in [0.25, 0.3) is 10.9 Å². The fourth-order valence-corrected chi connectivity index (χ4v) is 3.61. The first-order valence-electron chi connectivity index (χ1n) is 9.16. The first-order chi connectivity index (χ1) is 12.7. The minimum absolute atomic E-state index is 0. The van der Waals surface area contributed by atoms with E-state index in [1.807, 2.05) is 40.1 Å². The Kier molecular flexibility index (Phi) is 6.36. The number of rotatable bonds is 3. The van der Waals surface area contributed by atoms with Gasteiger partial charge in [-0.25, -0.2) is 0 Å². The molecule has 0 bridgehead atoms. The Bertz CT molecular complexity index is 762.